The van der Waals surface area contributed by atoms with Gasteiger partial charge in [-0.05, 0) is 0 Å². The lowest BCUT2D eigenvalue weighted by atomic mass is 10.5. The van der Waals surface area contributed by atoms with Crippen LogP contribution in [-0.4, -0.2) is 56.0 Å². The van der Waals surface area contributed by atoms with E-state index >= 15 is 0 Å². The minimum absolute atomic E-state index is 1.21. The number of hydroxylamine groups is 3. The monoisotopic (exact) mass is 243 g/mol. The molecule has 0 heterocycles. The Labute approximate surface area is 83.9 Å². The fourth-order valence-electron chi connectivity index (χ4n) is 0.985. The topological polar surface area (TPSA) is 155 Å². The van der Waals surface area contributed by atoms with E-state index in [0.717, 1.165) is 0 Å². The van der Waals surface area contributed by atoms with Gasteiger partial charge in [-0.2, -0.15) is 0 Å². The van der Waals surface area contributed by atoms with Crippen LogP contribution in [0.2, 0.25) is 0 Å². The molecular formula is C5H10NO8P. The molecule has 0 saturated carbocycles. The smallest absolute Gasteiger partial charge is 0.379 e. The number of quaternary nitrogens is 1. The van der Waals surface area contributed by atoms with Crippen LogP contribution in [0, 0.1) is 5.21 Å². The molecule has 0 radical (unpaired) electrons. The van der Waals surface area contributed by atoms with Crippen LogP contribution < -0.4 is 0 Å². The molecule has 0 aromatic rings. The summed E-state index contributed by atoms with van der Waals surface area (Å²) in [6, 6.07) is 0. The van der Waals surface area contributed by atoms with Crippen molar-refractivity contribution in [3.05, 3.63) is 5.21 Å². The van der Waals surface area contributed by atoms with Crippen molar-refractivity contribution >= 4 is 19.5 Å². The van der Waals surface area contributed by atoms with Gasteiger partial charge in [-0.25, -0.2) is 9.59 Å². The summed E-state index contributed by atoms with van der Waals surface area (Å²) in [6.07, 6.45) is -1.37. The summed E-state index contributed by atoms with van der Waals surface area (Å²) in [4.78, 5) is 37.4. The Bertz CT molecular complexity index is 292. The van der Waals surface area contributed by atoms with E-state index in [1.54, 1.807) is 0 Å². The molecular weight excluding hydrogens is 233 g/mol. The molecule has 0 atom stereocenters. The van der Waals surface area contributed by atoms with Crippen molar-refractivity contribution in [2.45, 2.75) is 0 Å². The lowest BCUT2D eigenvalue weighted by Gasteiger charge is -2.39. The minimum atomic E-state index is -4.77. The maximum absolute atomic E-state index is 11.4. The van der Waals surface area contributed by atoms with E-state index in [-0.39, 0.29) is 0 Å². The molecule has 0 spiro atoms. The van der Waals surface area contributed by atoms with E-state index in [1.807, 2.05) is 0 Å². The highest BCUT2D eigenvalue weighted by atomic mass is 31.2. The van der Waals surface area contributed by atoms with E-state index in [4.69, 9.17) is 20.0 Å². The summed E-state index contributed by atoms with van der Waals surface area (Å²) >= 11 is 0. The first-order valence-corrected chi connectivity index (χ1v) is 5.39. The number of hydrogen-bond acceptors (Lipinski definition) is 4. The van der Waals surface area contributed by atoms with Gasteiger partial charge in [0.05, 0.1) is 0 Å². The van der Waals surface area contributed by atoms with Crippen molar-refractivity contribution in [3.8, 4) is 0 Å². The molecule has 0 unspecified atom stereocenters. The number of carbonyl (C=O) groups is 2. The normalized spacial score (nSPS) is 12.5. The highest BCUT2D eigenvalue weighted by Crippen LogP contribution is 2.37. The van der Waals surface area contributed by atoms with Crippen LogP contribution in [0.3, 0.4) is 0 Å². The van der Waals surface area contributed by atoms with Gasteiger partial charge >= 0.3 is 19.5 Å². The maximum Gasteiger partial charge on any atom is 0.379 e. The molecule has 0 aromatic carbocycles. The van der Waals surface area contributed by atoms with Gasteiger partial charge in [0.15, 0.2) is 19.4 Å². The standard InChI is InChI=1S/C5H10NO8P/c7-4(8)1-6(11,2-5(9)10)3-15(12,13)14/h1-3H2,(H,7,8)(H,9,10)(H2,12,13,14). The van der Waals surface area contributed by atoms with E-state index in [9.17, 15) is 19.4 Å². The number of hydrogen-bond donors (Lipinski definition) is 4. The molecule has 9 nitrogen and oxygen atoms in total. The Morgan fingerprint density at radius 2 is 1.47 bits per heavy atom. The van der Waals surface area contributed by atoms with Crippen molar-refractivity contribution in [1.82, 2.24) is 0 Å². The third-order valence-corrected chi connectivity index (χ3v) is 2.17. The van der Waals surface area contributed by atoms with Crippen molar-refractivity contribution in [2.75, 3.05) is 19.4 Å². The molecule has 0 rings (SSSR count). The molecule has 0 aromatic heterocycles. The molecule has 4 N–H and O–H groups in total. The van der Waals surface area contributed by atoms with Gasteiger partial charge in [0.25, 0.3) is 0 Å². The van der Waals surface area contributed by atoms with Gasteiger partial charge in [-0.15, -0.1) is 0 Å². The van der Waals surface area contributed by atoms with Gasteiger partial charge in [0.2, 0.25) is 0 Å². The zero-order valence-corrected chi connectivity index (χ0v) is 8.33. The second-order valence-electron chi connectivity index (χ2n) is 2.97. The molecule has 0 bridgehead atoms. The average Bonchev–Trinajstić information content (AvgIpc) is 1.73. The predicted molar refractivity (Wildman–Crippen MR) is 45.5 cm³/mol. The zero-order chi connectivity index (χ0) is 12.3. The molecule has 10 heteroatoms. The van der Waals surface area contributed by atoms with E-state index in [2.05, 4.69) is 0 Å². The van der Waals surface area contributed by atoms with Gasteiger partial charge in [0.1, 0.15) is 0 Å². The van der Waals surface area contributed by atoms with Crippen molar-refractivity contribution in [1.29, 1.82) is 0 Å². The van der Waals surface area contributed by atoms with Crippen LogP contribution in [0.15, 0.2) is 0 Å². The molecule has 15 heavy (non-hydrogen) atoms. The molecule has 0 aliphatic carbocycles. The summed E-state index contributed by atoms with van der Waals surface area (Å²) in [5, 5.41) is 28.0. The molecule has 0 saturated heterocycles. The van der Waals surface area contributed by atoms with E-state index < -0.39 is 43.6 Å². The highest BCUT2D eigenvalue weighted by Gasteiger charge is 2.32. The number of carboxylic acids is 2. The van der Waals surface area contributed by atoms with Gasteiger partial charge in [-0.3, -0.25) is 4.57 Å². The summed E-state index contributed by atoms with van der Waals surface area (Å²) in [6.45, 7) is -2.42. The van der Waals surface area contributed by atoms with Crippen LogP contribution in [0.4, 0.5) is 0 Å². The fraction of sp³-hybridized carbons (Fsp3) is 0.600. The first-order chi connectivity index (χ1) is 6.54. The summed E-state index contributed by atoms with van der Waals surface area (Å²) < 4.78 is 8.51. The van der Waals surface area contributed by atoms with Crippen LogP contribution in [-0.2, 0) is 14.2 Å². The molecule has 0 aliphatic rings. The summed E-state index contributed by atoms with van der Waals surface area (Å²) in [5.74, 6) is -3.25. The summed E-state index contributed by atoms with van der Waals surface area (Å²) in [7, 11) is -4.77. The van der Waals surface area contributed by atoms with Gasteiger partial charge < -0.3 is 29.9 Å². The van der Waals surface area contributed by atoms with E-state index in [0.29, 0.717) is 0 Å². The first-order valence-electron chi connectivity index (χ1n) is 3.59. The van der Waals surface area contributed by atoms with E-state index in [1.165, 1.54) is 0 Å². The fourth-order valence-corrected chi connectivity index (χ4v) is 1.86. The first kappa shape index (κ1) is 14.0. The molecule has 0 fully saturated rings. The van der Waals surface area contributed by atoms with Crippen LogP contribution in [0.25, 0.3) is 0 Å². The van der Waals surface area contributed by atoms with Crippen LogP contribution in [0.1, 0.15) is 0 Å². The Kier molecular flexibility index (Phi) is 4.38. The lowest BCUT2D eigenvalue weighted by molar-refractivity contribution is -0.855. The number of carboxylic acid groups (broad SMARTS) is 2. The third kappa shape index (κ3) is 7.00. The van der Waals surface area contributed by atoms with Gasteiger partial charge in [-0.1, -0.05) is 0 Å². The second kappa shape index (κ2) is 4.69. The SMILES string of the molecule is O=C(O)C[N+]([O-])(CC(=O)O)CP(=O)(O)O. The number of aliphatic carboxylic acids is 2. The van der Waals surface area contributed by atoms with Crippen LogP contribution >= 0.6 is 7.60 Å². The largest absolute Gasteiger partial charge is 0.632 e. The predicted octanol–water partition coefficient (Wildman–Crippen LogP) is -1.39. The highest BCUT2D eigenvalue weighted by molar-refractivity contribution is 7.51. The second-order valence-corrected chi connectivity index (χ2v) is 4.58. The molecule has 0 amide bonds. The van der Waals surface area contributed by atoms with Crippen LogP contribution in [0.5, 0.6) is 0 Å². The Hall–Kier alpha value is -0.990. The Morgan fingerprint density at radius 1 is 1.13 bits per heavy atom. The number of rotatable bonds is 6. The maximum atomic E-state index is 11.4. The third-order valence-electron chi connectivity index (χ3n) is 1.29. The van der Waals surface area contributed by atoms with Crippen molar-refractivity contribution in [2.24, 2.45) is 0 Å². The Morgan fingerprint density at radius 3 is 1.67 bits per heavy atom. The number of nitrogens with zero attached hydrogens (tertiary/aromatic N) is 1. The summed E-state index contributed by atoms with van der Waals surface area (Å²) in [5.41, 5.74) is 0. The van der Waals surface area contributed by atoms with Crippen molar-refractivity contribution < 1.29 is 38.8 Å². The van der Waals surface area contributed by atoms with Gasteiger partial charge in [0, 0.05) is 0 Å². The minimum Gasteiger partial charge on any atom is -0.632 e. The van der Waals surface area contributed by atoms with Crippen molar-refractivity contribution in [3.63, 3.8) is 0 Å². The molecule has 88 valence electrons. The Balaban J connectivity index is 4.77. The lowest BCUT2D eigenvalue weighted by Crippen LogP contribution is -2.49. The molecule has 0 aliphatic heterocycles. The zero-order valence-electron chi connectivity index (χ0n) is 7.44. The quantitative estimate of drug-likeness (QED) is 0.252. The average molecular weight is 243 g/mol.